The van der Waals surface area contributed by atoms with Gasteiger partial charge in [0.05, 0.1) is 24.2 Å². The Morgan fingerprint density at radius 3 is 3.06 bits per heavy atom. The van der Waals surface area contributed by atoms with Gasteiger partial charge in [-0.15, -0.1) is 5.10 Å². The molecule has 0 aromatic carbocycles. The maximum Gasteiger partial charge on any atom is 0.174 e. The third kappa shape index (κ3) is 2.41. The molecular formula is C10H14BrN5O. The van der Waals surface area contributed by atoms with Gasteiger partial charge in [-0.3, -0.25) is 5.84 Å². The lowest BCUT2D eigenvalue weighted by Gasteiger charge is -2.15. The summed E-state index contributed by atoms with van der Waals surface area (Å²) in [6.45, 7) is 2.90. The molecule has 0 spiro atoms. The minimum atomic E-state index is -0.190. The highest BCUT2D eigenvalue weighted by molar-refractivity contribution is 9.10. The van der Waals surface area contributed by atoms with Gasteiger partial charge in [-0.1, -0.05) is 12.1 Å². The number of nitrogens with zero attached hydrogens (tertiary/aromatic N) is 3. The van der Waals surface area contributed by atoms with Crippen LogP contribution in [-0.2, 0) is 6.54 Å². The lowest BCUT2D eigenvalue weighted by Crippen LogP contribution is -2.30. The Bertz CT molecular complexity index is 481. The average molecular weight is 300 g/mol. The Morgan fingerprint density at radius 2 is 2.47 bits per heavy atom. The number of aryl methyl sites for hydroxylation is 1. The molecule has 0 aliphatic heterocycles. The number of hydrazine groups is 1. The first-order chi connectivity index (χ1) is 8.27. The predicted molar refractivity (Wildman–Crippen MR) is 65.9 cm³/mol. The van der Waals surface area contributed by atoms with E-state index < -0.39 is 0 Å². The Kier molecular flexibility index (Phi) is 3.93. The SMILES string of the molecule is CCCn1nncc1C(NN)c1ccoc1Br. The molecule has 6 nitrogen and oxygen atoms in total. The highest BCUT2D eigenvalue weighted by atomic mass is 79.9. The van der Waals surface area contributed by atoms with Crippen LogP contribution in [0.2, 0.25) is 0 Å². The molecule has 2 rings (SSSR count). The van der Waals surface area contributed by atoms with E-state index in [0.29, 0.717) is 4.67 Å². The first-order valence-electron chi connectivity index (χ1n) is 5.35. The van der Waals surface area contributed by atoms with Crippen LogP contribution in [0.1, 0.15) is 30.6 Å². The first kappa shape index (κ1) is 12.3. The summed E-state index contributed by atoms with van der Waals surface area (Å²) in [6, 6.07) is 1.67. The van der Waals surface area contributed by atoms with Crippen molar-refractivity contribution in [3.05, 3.63) is 34.5 Å². The number of rotatable bonds is 5. The van der Waals surface area contributed by atoms with Crippen molar-refractivity contribution in [2.75, 3.05) is 0 Å². The number of furan rings is 1. The van der Waals surface area contributed by atoms with Crippen molar-refractivity contribution in [2.45, 2.75) is 25.9 Å². The lowest BCUT2D eigenvalue weighted by atomic mass is 10.1. The summed E-state index contributed by atoms with van der Waals surface area (Å²) in [5.41, 5.74) is 4.59. The molecule has 2 aromatic heterocycles. The fourth-order valence-corrected chi connectivity index (χ4v) is 2.19. The normalized spacial score (nSPS) is 12.9. The number of nitrogens with one attached hydrogen (secondary N) is 1. The van der Waals surface area contributed by atoms with Gasteiger partial charge in [0.15, 0.2) is 4.67 Å². The van der Waals surface area contributed by atoms with Crippen LogP contribution in [0.15, 0.2) is 27.6 Å². The zero-order chi connectivity index (χ0) is 12.3. The summed E-state index contributed by atoms with van der Waals surface area (Å²) in [6.07, 6.45) is 4.30. The fourth-order valence-electron chi connectivity index (χ4n) is 1.72. The van der Waals surface area contributed by atoms with Crippen LogP contribution in [-0.4, -0.2) is 15.0 Å². The average Bonchev–Trinajstić information content (AvgIpc) is 2.92. The second-order valence-electron chi connectivity index (χ2n) is 3.63. The maximum atomic E-state index is 5.61. The molecule has 0 saturated carbocycles. The number of nitrogens with two attached hydrogens (primary N) is 1. The van der Waals surface area contributed by atoms with Crippen molar-refractivity contribution in [1.29, 1.82) is 0 Å². The van der Waals surface area contributed by atoms with Crippen molar-refractivity contribution < 1.29 is 4.42 Å². The predicted octanol–water partition coefficient (Wildman–Crippen LogP) is 1.60. The van der Waals surface area contributed by atoms with Crippen LogP contribution < -0.4 is 11.3 Å². The van der Waals surface area contributed by atoms with Gasteiger partial charge in [-0.2, -0.15) is 0 Å². The highest BCUT2D eigenvalue weighted by Gasteiger charge is 2.21. The van der Waals surface area contributed by atoms with Crippen molar-refractivity contribution in [3.63, 3.8) is 0 Å². The third-order valence-corrected chi connectivity index (χ3v) is 3.15. The molecule has 3 N–H and O–H groups in total. The second kappa shape index (κ2) is 5.44. The van der Waals surface area contributed by atoms with Gasteiger partial charge in [0, 0.05) is 12.1 Å². The molecule has 0 saturated heterocycles. The Labute approximate surface area is 107 Å². The van der Waals surface area contributed by atoms with E-state index in [1.54, 1.807) is 12.5 Å². The Hall–Kier alpha value is -1.18. The van der Waals surface area contributed by atoms with Crippen LogP contribution >= 0.6 is 15.9 Å². The molecule has 0 radical (unpaired) electrons. The molecule has 2 heterocycles. The van der Waals surface area contributed by atoms with E-state index in [1.807, 2.05) is 10.7 Å². The van der Waals surface area contributed by atoms with E-state index in [4.69, 9.17) is 10.3 Å². The van der Waals surface area contributed by atoms with Gasteiger partial charge >= 0.3 is 0 Å². The van der Waals surface area contributed by atoms with E-state index in [0.717, 1.165) is 24.2 Å². The van der Waals surface area contributed by atoms with Gasteiger partial charge in [0.25, 0.3) is 0 Å². The monoisotopic (exact) mass is 299 g/mol. The van der Waals surface area contributed by atoms with Gasteiger partial charge < -0.3 is 4.42 Å². The number of aromatic nitrogens is 3. The van der Waals surface area contributed by atoms with Crippen LogP contribution in [0.4, 0.5) is 0 Å². The standard InChI is InChI=1S/C10H14BrN5O/c1-2-4-16-8(6-13-15-16)9(14-12)7-3-5-17-10(7)11/h3,5-6,9,14H,2,4,12H2,1H3. The van der Waals surface area contributed by atoms with Crippen molar-refractivity contribution in [1.82, 2.24) is 20.4 Å². The number of hydrogen-bond donors (Lipinski definition) is 2. The number of hydrogen-bond acceptors (Lipinski definition) is 5. The third-order valence-electron chi connectivity index (χ3n) is 2.50. The van der Waals surface area contributed by atoms with E-state index >= 15 is 0 Å². The van der Waals surface area contributed by atoms with Gasteiger partial charge in [-0.25, -0.2) is 10.1 Å². The van der Waals surface area contributed by atoms with E-state index in [9.17, 15) is 0 Å². The minimum absolute atomic E-state index is 0.190. The van der Waals surface area contributed by atoms with Crippen LogP contribution in [0.5, 0.6) is 0 Å². The summed E-state index contributed by atoms with van der Waals surface area (Å²) in [5.74, 6) is 5.61. The molecule has 0 fully saturated rings. The largest absolute Gasteiger partial charge is 0.457 e. The topological polar surface area (TPSA) is 81.9 Å². The highest BCUT2D eigenvalue weighted by Crippen LogP contribution is 2.28. The van der Waals surface area contributed by atoms with Crippen LogP contribution in [0.25, 0.3) is 0 Å². The van der Waals surface area contributed by atoms with E-state index in [-0.39, 0.29) is 6.04 Å². The smallest absolute Gasteiger partial charge is 0.174 e. The number of halogens is 1. The lowest BCUT2D eigenvalue weighted by molar-refractivity contribution is 0.497. The molecule has 17 heavy (non-hydrogen) atoms. The molecule has 1 unspecified atom stereocenters. The Morgan fingerprint density at radius 1 is 1.65 bits per heavy atom. The fraction of sp³-hybridized carbons (Fsp3) is 0.400. The minimum Gasteiger partial charge on any atom is -0.457 e. The quantitative estimate of drug-likeness (QED) is 0.647. The maximum absolute atomic E-state index is 5.61. The summed E-state index contributed by atoms with van der Waals surface area (Å²) >= 11 is 3.34. The molecule has 0 amide bonds. The Balaban J connectivity index is 2.35. The molecule has 0 aliphatic rings. The van der Waals surface area contributed by atoms with Gasteiger partial charge in [0.1, 0.15) is 0 Å². The molecular weight excluding hydrogens is 286 g/mol. The molecule has 2 aromatic rings. The summed E-state index contributed by atoms with van der Waals surface area (Å²) in [7, 11) is 0. The zero-order valence-electron chi connectivity index (χ0n) is 9.43. The van der Waals surface area contributed by atoms with Gasteiger partial charge in [0.2, 0.25) is 0 Å². The van der Waals surface area contributed by atoms with Crippen LogP contribution in [0, 0.1) is 0 Å². The molecule has 0 aliphatic carbocycles. The van der Waals surface area contributed by atoms with Crippen LogP contribution in [0.3, 0.4) is 0 Å². The first-order valence-corrected chi connectivity index (χ1v) is 6.14. The molecule has 1 atom stereocenters. The molecule has 92 valence electrons. The van der Waals surface area contributed by atoms with Crippen molar-refractivity contribution in [3.8, 4) is 0 Å². The van der Waals surface area contributed by atoms with Crippen molar-refractivity contribution in [2.24, 2.45) is 5.84 Å². The summed E-state index contributed by atoms with van der Waals surface area (Å²) in [5, 5.41) is 7.96. The second-order valence-corrected chi connectivity index (χ2v) is 4.35. The van der Waals surface area contributed by atoms with Gasteiger partial charge in [-0.05, 0) is 28.4 Å². The summed E-state index contributed by atoms with van der Waals surface area (Å²) in [4.78, 5) is 0. The van der Waals surface area contributed by atoms with E-state index in [1.165, 1.54) is 0 Å². The molecule has 7 heteroatoms. The van der Waals surface area contributed by atoms with E-state index in [2.05, 4.69) is 38.6 Å². The summed E-state index contributed by atoms with van der Waals surface area (Å²) < 4.78 is 7.71. The zero-order valence-corrected chi connectivity index (χ0v) is 11.0. The molecule has 0 bridgehead atoms. The van der Waals surface area contributed by atoms with Crippen molar-refractivity contribution >= 4 is 15.9 Å².